The van der Waals surface area contributed by atoms with E-state index in [0.29, 0.717) is 12.0 Å². The second-order valence-corrected chi connectivity index (χ2v) is 7.00. The van der Waals surface area contributed by atoms with Gasteiger partial charge in [-0.3, -0.25) is 9.80 Å². The van der Waals surface area contributed by atoms with Gasteiger partial charge in [0.05, 0.1) is 6.61 Å². The van der Waals surface area contributed by atoms with Gasteiger partial charge in [0.2, 0.25) is 0 Å². The lowest BCUT2D eigenvalue weighted by molar-refractivity contribution is -0.0597. The highest BCUT2D eigenvalue weighted by molar-refractivity contribution is 4.98. The first-order valence-electron chi connectivity index (χ1n) is 7.45. The summed E-state index contributed by atoms with van der Waals surface area (Å²) in [5.74, 6) is 0.711. The molecule has 0 saturated carbocycles. The molecule has 0 spiro atoms. The van der Waals surface area contributed by atoms with Crippen LogP contribution >= 0.6 is 0 Å². The smallest absolute Gasteiger partial charge is 0.0641 e. The molecule has 0 aliphatic carbocycles. The standard InChI is InChI=1S/C15H30N2O/c1-12(2)14-10-16-8-6-7-13(16)9-17(14)15(3,4)11-18-5/h12-14H,6-11H2,1-5H3. The van der Waals surface area contributed by atoms with E-state index in [2.05, 4.69) is 37.5 Å². The first-order chi connectivity index (χ1) is 8.45. The fraction of sp³-hybridized carbons (Fsp3) is 1.00. The number of ether oxygens (including phenoxy) is 1. The minimum Gasteiger partial charge on any atom is -0.383 e. The van der Waals surface area contributed by atoms with Gasteiger partial charge in [0.1, 0.15) is 0 Å². The molecule has 0 aromatic heterocycles. The number of hydrogen-bond acceptors (Lipinski definition) is 3. The van der Waals surface area contributed by atoms with E-state index < -0.39 is 0 Å². The Balaban J connectivity index is 2.14. The predicted octanol–water partition coefficient (Wildman–Crippen LogP) is 2.22. The van der Waals surface area contributed by atoms with Gasteiger partial charge in [-0.05, 0) is 39.2 Å². The van der Waals surface area contributed by atoms with E-state index in [1.54, 1.807) is 0 Å². The fourth-order valence-electron chi connectivity index (χ4n) is 3.75. The molecule has 3 nitrogen and oxygen atoms in total. The van der Waals surface area contributed by atoms with Crippen molar-refractivity contribution in [1.82, 2.24) is 9.80 Å². The zero-order valence-electron chi connectivity index (χ0n) is 12.8. The van der Waals surface area contributed by atoms with Gasteiger partial charge in [-0.1, -0.05) is 13.8 Å². The van der Waals surface area contributed by atoms with Crippen LogP contribution in [0.5, 0.6) is 0 Å². The van der Waals surface area contributed by atoms with Gasteiger partial charge >= 0.3 is 0 Å². The molecule has 0 N–H and O–H groups in total. The molecular weight excluding hydrogens is 224 g/mol. The van der Waals surface area contributed by atoms with E-state index in [1.807, 2.05) is 7.11 Å². The predicted molar refractivity (Wildman–Crippen MR) is 75.9 cm³/mol. The number of rotatable bonds is 4. The maximum Gasteiger partial charge on any atom is 0.0641 e. The molecule has 2 rings (SSSR count). The number of methoxy groups -OCH3 is 1. The van der Waals surface area contributed by atoms with Crippen LogP contribution in [-0.4, -0.2) is 60.8 Å². The Hall–Kier alpha value is -0.120. The normalized spacial score (nSPS) is 31.0. The Kier molecular flexibility index (Phi) is 4.35. The molecule has 2 aliphatic rings. The molecule has 2 heterocycles. The molecular formula is C15H30N2O. The average molecular weight is 254 g/mol. The molecule has 106 valence electrons. The highest BCUT2D eigenvalue weighted by atomic mass is 16.5. The Morgan fingerprint density at radius 3 is 2.61 bits per heavy atom. The van der Waals surface area contributed by atoms with Gasteiger partial charge in [0.25, 0.3) is 0 Å². The van der Waals surface area contributed by atoms with Gasteiger partial charge in [-0.25, -0.2) is 0 Å². The zero-order valence-corrected chi connectivity index (χ0v) is 12.8. The summed E-state index contributed by atoms with van der Waals surface area (Å²) in [6, 6.07) is 1.46. The second-order valence-electron chi connectivity index (χ2n) is 7.00. The molecule has 2 aliphatic heterocycles. The number of piperazine rings is 1. The molecule has 2 fully saturated rings. The third-order valence-electron chi connectivity index (χ3n) is 4.77. The highest BCUT2D eigenvalue weighted by Crippen LogP contribution is 2.32. The van der Waals surface area contributed by atoms with Gasteiger partial charge in [0.15, 0.2) is 0 Å². The molecule has 2 saturated heterocycles. The monoisotopic (exact) mass is 254 g/mol. The van der Waals surface area contributed by atoms with Crippen LogP contribution in [0.3, 0.4) is 0 Å². The second kappa shape index (κ2) is 5.48. The largest absolute Gasteiger partial charge is 0.383 e. The zero-order chi connectivity index (χ0) is 13.3. The van der Waals surface area contributed by atoms with E-state index in [0.717, 1.165) is 12.6 Å². The van der Waals surface area contributed by atoms with Crippen molar-refractivity contribution < 1.29 is 4.74 Å². The SMILES string of the molecule is COCC(C)(C)N1CC2CCCN2CC1C(C)C. The summed E-state index contributed by atoms with van der Waals surface area (Å²) in [6.45, 7) is 14.0. The lowest BCUT2D eigenvalue weighted by Gasteiger charge is -2.52. The van der Waals surface area contributed by atoms with Crippen LogP contribution in [0.4, 0.5) is 0 Å². The van der Waals surface area contributed by atoms with Crippen LogP contribution in [0, 0.1) is 5.92 Å². The Labute approximate surface area is 112 Å². The Morgan fingerprint density at radius 2 is 2.00 bits per heavy atom. The third kappa shape index (κ3) is 2.73. The fourth-order valence-corrected chi connectivity index (χ4v) is 3.75. The van der Waals surface area contributed by atoms with E-state index in [4.69, 9.17) is 4.74 Å². The lowest BCUT2D eigenvalue weighted by atomic mass is 9.91. The minimum atomic E-state index is 0.151. The van der Waals surface area contributed by atoms with Gasteiger partial charge < -0.3 is 4.74 Å². The van der Waals surface area contributed by atoms with Crippen molar-refractivity contribution in [3.8, 4) is 0 Å². The first-order valence-corrected chi connectivity index (χ1v) is 7.45. The molecule has 0 bridgehead atoms. The van der Waals surface area contributed by atoms with Crippen LogP contribution in [0.1, 0.15) is 40.5 Å². The molecule has 3 heteroatoms. The summed E-state index contributed by atoms with van der Waals surface area (Å²) in [4.78, 5) is 5.43. The van der Waals surface area contributed by atoms with Crippen molar-refractivity contribution in [2.75, 3.05) is 33.4 Å². The molecule has 0 amide bonds. The molecule has 0 radical (unpaired) electrons. The van der Waals surface area contributed by atoms with E-state index in [1.165, 1.54) is 32.5 Å². The number of fused-ring (bicyclic) bond motifs is 1. The van der Waals surface area contributed by atoms with Gasteiger partial charge in [0, 0.05) is 37.8 Å². The van der Waals surface area contributed by atoms with Crippen molar-refractivity contribution in [2.24, 2.45) is 5.92 Å². The first kappa shape index (κ1) is 14.3. The quantitative estimate of drug-likeness (QED) is 0.765. The Morgan fingerprint density at radius 1 is 1.28 bits per heavy atom. The summed E-state index contributed by atoms with van der Waals surface area (Å²) in [5.41, 5.74) is 0.151. The minimum absolute atomic E-state index is 0.151. The summed E-state index contributed by atoms with van der Waals surface area (Å²) in [5, 5.41) is 0. The van der Waals surface area contributed by atoms with Crippen molar-refractivity contribution >= 4 is 0 Å². The maximum atomic E-state index is 5.44. The Bertz CT molecular complexity index is 278. The van der Waals surface area contributed by atoms with Crippen molar-refractivity contribution in [3.63, 3.8) is 0 Å². The molecule has 2 atom stereocenters. The summed E-state index contributed by atoms with van der Waals surface area (Å²) in [6.07, 6.45) is 2.76. The van der Waals surface area contributed by atoms with Crippen LogP contribution in [0.25, 0.3) is 0 Å². The van der Waals surface area contributed by atoms with Crippen LogP contribution in [0.2, 0.25) is 0 Å². The van der Waals surface area contributed by atoms with Gasteiger partial charge in [-0.2, -0.15) is 0 Å². The van der Waals surface area contributed by atoms with E-state index in [-0.39, 0.29) is 5.54 Å². The average Bonchev–Trinajstić information content (AvgIpc) is 2.74. The molecule has 0 aromatic carbocycles. The van der Waals surface area contributed by atoms with Crippen molar-refractivity contribution in [3.05, 3.63) is 0 Å². The highest BCUT2D eigenvalue weighted by Gasteiger charge is 2.42. The third-order valence-corrected chi connectivity index (χ3v) is 4.77. The maximum absolute atomic E-state index is 5.44. The van der Waals surface area contributed by atoms with Crippen LogP contribution < -0.4 is 0 Å². The van der Waals surface area contributed by atoms with Crippen LogP contribution in [-0.2, 0) is 4.74 Å². The van der Waals surface area contributed by atoms with E-state index in [9.17, 15) is 0 Å². The van der Waals surface area contributed by atoms with Crippen LogP contribution in [0.15, 0.2) is 0 Å². The number of nitrogens with zero attached hydrogens (tertiary/aromatic N) is 2. The molecule has 2 unspecified atom stereocenters. The molecule has 18 heavy (non-hydrogen) atoms. The van der Waals surface area contributed by atoms with Gasteiger partial charge in [-0.15, -0.1) is 0 Å². The number of hydrogen-bond donors (Lipinski definition) is 0. The van der Waals surface area contributed by atoms with E-state index >= 15 is 0 Å². The van der Waals surface area contributed by atoms with Crippen molar-refractivity contribution in [1.29, 1.82) is 0 Å². The van der Waals surface area contributed by atoms with Crippen molar-refractivity contribution in [2.45, 2.75) is 58.2 Å². The molecule has 0 aromatic rings. The summed E-state index contributed by atoms with van der Waals surface area (Å²) in [7, 11) is 1.82. The lowest BCUT2D eigenvalue weighted by Crippen LogP contribution is -2.64. The summed E-state index contributed by atoms with van der Waals surface area (Å²) >= 11 is 0. The topological polar surface area (TPSA) is 15.7 Å². The summed E-state index contributed by atoms with van der Waals surface area (Å²) < 4.78 is 5.44.